The largest absolute Gasteiger partial charge is 0.449 e. The summed E-state index contributed by atoms with van der Waals surface area (Å²) < 4.78 is 5.32. The molecule has 1 aromatic rings. The number of nitrogens with zero attached hydrogens (tertiary/aromatic N) is 1. The summed E-state index contributed by atoms with van der Waals surface area (Å²) in [5, 5.41) is 12.1. The van der Waals surface area contributed by atoms with Crippen LogP contribution in [0.5, 0.6) is 0 Å². The number of hydrogen-bond donors (Lipinski definition) is 1. The first-order chi connectivity index (χ1) is 8.78. The third-order valence-electron chi connectivity index (χ3n) is 3.85. The summed E-state index contributed by atoms with van der Waals surface area (Å²) in [6.07, 6.45) is 6.85. The molecule has 0 spiro atoms. The highest BCUT2D eigenvalue weighted by atomic mass is 16.3. The molecule has 1 fully saturated rings. The standard InChI is InChI=1S/C15H22N2O/c1-12-3-2-4-13(9-12)7-8-17-11-15-6-5-14(10-16)18-15/h5-6,12-13,17H,2-4,7-9,11H2,1H3. The average molecular weight is 246 g/mol. The Morgan fingerprint density at radius 1 is 1.44 bits per heavy atom. The smallest absolute Gasteiger partial charge is 0.203 e. The summed E-state index contributed by atoms with van der Waals surface area (Å²) >= 11 is 0. The maximum atomic E-state index is 8.65. The second-order valence-electron chi connectivity index (χ2n) is 5.48. The van der Waals surface area contributed by atoms with Gasteiger partial charge in [-0.2, -0.15) is 5.26 Å². The van der Waals surface area contributed by atoms with Crippen LogP contribution in [0, 0.1) is 23.2 Å². The number of hydrogen-bond acceptors (Lipinski definition) is 3. The summed E-state index contributed by atoms with van der Waals surface area (Å²) in [5.74, 6) is 3.05. The maximum Gasteiger partial charge on any atom is 0.203 e. The predicted octanol–water partition coefficient (Wildman–Crippen LogP) is 3.46. The van der Waals surface area contributed by atoms with Gasteiger partial charge in [0.25, 0.3) is 0 Å². The van der Waals surface area contributed by atoms with Gasteiger partial charge in [0.15, 0.2) is 0 Å². The molecule has 0 radical (unpaired) electrons. The highest BCUT2D eigenvalue weighted by Gasteiger charge is 2.18. The molecule has 1 aliphatic carbocycles. The Morgan fingerprint density at radius 2 is 2.33 bits per heavy atom. The summed E-state index contributed by atoms with van der Waals surface area (Å²) in [5.41, 5.74) is 0. The first-order valence-electron chi connectivity index (χ1n) is 6.97. The van der Waals surface area contributed by atoms with Crippen molar-refractivity contribution in [3.8, 4) is 6.07 Å². The molecule has 1 aromatic heterocycles. The van der Waals surface area contributed by atoms with Gasteiger partial charge in [-0.25, -0.2) is 0 Å². The molecule has 1 heterocycles. The van der Waals surface area contributed by atoms with E-state index in [4.69, 9.17) is 9.68 Å². The average Bonchev–Trinajstić information content (AvgIpc) is 2.83. The van der Waals surface area contributed by atoms with Gasteiger partial charge in [0.05, 0.1) is 6.54 Å². The van der Waals surface area contributed by atoms with E-state index < -0.39 is 0 Å². The molecule has 0 aliphatic heterocycles. The molecule has 3 nitrogen and oxygen atoms in total. The van der Waals surface area contributed by atoms with Crippen LogP contribution in [-0.4, -0.2) is 6.54 Å². The minimum Gasteiger partial charge on any atom is -0.449 e. The summed E-state index contributed by atoms with van der Waals surface area (Å²) in [6, 6.07) is 5.59. The van der Waals surface area contributed by atoms with Crippen LogP contribution in [0.15, 0.2) is 16.5 Å². The zero-order valence-corrected chi connectivity index (χ0v) is 11.1. The maximum absolute atomic E-state index is 8.65. The van der Waals surface area contributed by atoms with Gasteiger partial charge in [0, 0.05) is 0 Å². The molecule has 18 heavy (non-hydrogen) atoms. The number of nitrogens with one attached hydrogen (secondary N) is 1. The van der Waals surface area contributed by atoms with Gasteiger partial charge in [0.1, 0.15) is 11.8 Å². The van der Waals surface area contributed by atoms with E-state index in [-0.39, 0.29) is 0 Å². The monoisotopic (exact) mass is 246 g/mol. The molecule has 0 saturated heterocycles. The van der Waals surface area contributed by atoms with Crippen LogP contribution in [0.25, 0.3) is 0 Å². The molecule has 1 N–H and O–H groups in total. The quantitative estimate of drug-likeness (QED) is 0.809. The van der Waals surface area contributed by atoms with E-state index in [1.54, 1.807) is 6.07 Å². The second kappa shape index (κ2) is 6.61. The van der Waals surface area contributed by atoms with Gasteiger partial charge < -0.3 is 9.73 Å². The summed E-state index contributed by atoms with van der Waals surface area (Å²) in [6.45, 7) is 4.13. The molecule has 98 valence electrons. The van der Waals surface area contributed by atoms with Crippen LogP contribution in [0.4, 0.5) is 0 Å². The minimum atomic E-state index is 0.396. The van der Waals surface area contributed by atoms with E-state index in [2.05, 4.69) is 12.2 Å². The molecule has 3 heteroatoms. The lowest BCUT2D eigenvalue weighted by Crippen LogP contribution is -2.20. The van der Waals surface area contributed by atoms with Crippen LogP contribution in [0.3, 0.4) is 0 Å². The van der Waals surface area contributed by atoms with Gasteiger partial charge in [-0.05, 0) is 43.4 Å². The molecule has 0 amide bonds. The van der Waals surface area contributed by atoms with E-state index >= 15 is 0 Å². The van der Waals surface area contributed by atoms with Crippen molar-refractivity contribution in [1.82, 2.24) is 5.32 Å². The molecular weight excluding hydrogens is 224 g/mol. The van der Waals surface area contributed by atoms with Crippen LogP contribution < -0.4 is 5.32 Å². The Morgan fingerprint density at radius 3 is 3.06 bits per heavy atom. The number of nitriles is 1. The third-order valence-corrected chi connectivity index (χ3v) is 3.85. The van der Waals surface area contributed by atoms with Crippen molar-refractivity contribution in [1.29, 1.82) is 5.26 Å². The minimum absolute atomic E-state index is 0.396. The van der Waals surface area contributed by atoms with E-state index in [9.17, 15) is 0 Å². The fourth-order valence-corrected chi connectivity index (χ4v) is 2.87. The van der Waals surface area contributed by atoms with E-state index in [1.165, 1.54) is 32.1 Å². The van der Waals surface area contributed by atoms with Crippen molar-refractivity contribution in [3.05, 3.63) is 23.7 Å². The van der Waals surface area contributed by atoms with E-state index in [1.807, 2.05) is 12.1 Å². The molecule has 2 atom stereocenters. The molecule has 0 bridgehead atoms. The van der Waals surface area contributed by atoms with Gasteiger partial charge >= 0.3 is 0 Å². The van der Waals surface area contributed by atoms with E-state index in [0.717, 1.165) is 30.7 Å². The first kappa shape index (κ1) is 13.2. The SMILES string of the molecule is CC1CCCC(CCNCc2ccc(C#N)o2)C1. The van der Waals surface area contributed by atoms with Crippen molar-refractivity contribution in [2.45, 2.75) is 45.6 Å². The van der Waals surface area contributed by atoms with Crippen LogP contribution in [0.1, 0.15) is 50.5 Å². The van der Waals surface area contributed by atoms with Crippen molar-refractivity contribution < 1.29 is 4.42 Å². The van der Waals surface area contributed by atoms with Crippen LogP contribution in [0.2, 0.25) is 0 Å². The van der Waals surface area contributed by atoms with Crippen molar-refractivity contribution in [3.63, 3.8) is 0 Å². The topological polar surface area (TPSA) is 49.0 Å². The highest BCUT2D eigenvalue weighted by Crippen LogP contribution is 2.30. The van der Waals surface area contributed by atoms with Crippen molar-refractivity contribution >= 4 is 0 Å². The normalized spacial score (nSPS) is 23.8. The lowest BCUT2D eigenvalue weighted by atomic mass is 9.81. The molecule has 0 aromatic carbocycles. The van der Waals surface area contributed by atoms with Crippen molar-refractivity contribution in [2.75, 3.05) is 6.54 Å². The molecular formula is C15H22N2O. The first-order valence-corrected chi connectivity index (χ1v) is 6.97. The van der Waals surface area contributed by atoms with Crippen LogP contribution >= 0.6 is 0 Å². The lowest BCUT2D eigenvalue weighted by molar-refractivity contribution is 0.267. The molecule has 1 aliphatic rings. The van der Waals surface area contributed by atoms with Gasteiger partial charge in [-0.3, -0.25) is 0 Å². The molecule has 2 rings (SSSR count). The fraction of sp³-hybridized carbons (Fsp3) is 0.667. The van der Waals surface area contributed by atoms with Gasteiger partial charge in [0.2, 0.25) is 5.76 Å². The Balaban J connectivity index is 1.62. The fourth-order valence-electron chi connectivity index (χ4n) is 2.87. The Labute approximate surface area is 109 Å². The number of rotatable bonds is 5. The van der Waals surface area contributed by atoms with Gasteiger partial charge in [-0.1, -0.05) is 26.2 Å². The van der Waals surface area contributed by atoms with E-state index in [0.29, 0.717) is 5.76 Å². The lowest BCUT2D eigenvalue weighted by Gasteiger charge is -2.26. The zero-order valence-electron chi connectivity index (χ0n) is 11.1. The Hall–Kier alpha value is -1.27. The summed E-state index contributed by atoms with van der Waals surface area (Å²) in [4.78, 5) is 0. The Kier molecular flexibility index (Phi) is 4.83. The highest BCUT2D eigenvalue weighted by molar-refractivity contribution is 5.18. The number of furan rings is 1. The zero-order chi connectivity index (χ0) is 12.8. The molecule has 2 unspecified atom stereocenters. The molecule has 1 saturated carbocycles. The van der Waals surface area contributed by atoms with Gasteiger partial charge in [-0.15, -0.1) is 0 Å². The van der Waals surface area contributed by atoms with Crippen molar-refractivity contribution in [2.24, 2.45) is 11.8 Å². The second-order valence-corrected chi connectivity index (χ2v) is 5.48. The summed E-state index contributed by atoms with van der Waals surface area (Å²) in [7, 11) is 0. The van der Waals surface area contributed by atoms with Crippen LogP contribution in [-0.2, 0) is 6.54 Å². The third kappa shape index (κ3) is 3.89. The predicted molar refractivity (Wildman–Crippen MR) is 70.9 cm³/mol. The Bertz CT molecular complexity index is 405.